The van der Waals surface area contributed by atoms with Gasteiger partial charge in [-0.3, -0.25) is 0 Å². The molecule has 0 spiro atoms. The Balaban J connectivity index is 1.17. The minimum atomic E-state index is 0.676. The third kappa shape index (κ3) is 4.67. The molecule has 7 aromatic rings. The SMILES string of the molecule is CCCCCCCCNc1cnc(-c2cc3ccc4c5ccc6cc(-c7ncc(C)o7)sc6c5ccc4c3s2)o1. The van der Waals surface area contributed by atoms with E-state index in [1.54, 1.807) is 28.9 Å². The molecule has 0 atom stereocenters. The molecule has 7 heteroatoms. The molecule has 3 aromatic carbocycles. The van der Waals surface area contributed by atoms with E-state index in [-0.39, 0.29) is 0 Å². The van der Waals surface area contributed by atoms with Crippen molar-refractivity contribution in [3.8, 4) is 21.5 Å². The van der Waals surface area contributed by atoms with Crippen molar-refractivity contribution in [2.75, 3.05) is 11.9 Å². The Kier molecular flexibility index (Phi) is 6.77. The number of hydrogen-bond donors (Lipinski definition) is 1. The van der Waals surface area contributed by atoms with E-state index >= 15 is 0 Å². The standard InChI is InChI=1S/C33H31N3O2S2/c1-3-4-5-6-7-8-15-34-29-19-36-33(38-29)28-17-22-10-12-24-23-11-9-21-16-27(32-35-18-20(2)37-32)39-30(21)25(23)13-14-26(24)31(22)40-28/h9-14,16-19,34H,3-8,15H2,1-2H3. The third-order valence-corrected chi connectivity index (χ3v) is 9.88. The number of oxazole rings is 2. The lowest BCUT2D eigenvalue weighted by Crippen LogP contribution is -1.99. The van der Waals surface area contributed by atoms with Crippen LogP contribution in [0.5, 0.6) is 0 Å². The molecular formula is C33H31N3O2S2. The Bertz CT molecular complexity index is 1960. The fourth-order valence-corrected chi connectivity index (χ4v) is 7.72. The summed E-state index contributed by atoms with van der Waals surface area (Å²) in [5.41, 5.74) is 0. The number of aromatic nitrogens is 2. The van der Waals surface area contributed by atoms with Gasteiger partial charge in [0, 0.05) is 26.7 Å². The number of thiophene rings is 2. The topological polar surface area (TPSA) is 64.1 Å². The summed E-state index contributed by atoms with van der Waals surface area (Å²) >= 11 is 3.49. The molecule has 5 nitrogen and oxygen atoms in total. The summed E-state index contributed by atoms with van der Waals surface area (Å²) in [6.45, 7) is 5.10. The summed E-state index contributed by atoms with van der Waals surface area (Å²) in [7, 11) is 0. The Labute approximate surface area is 240 Å². The van der Waals surface area contributed by atoms with Crippen molar-refractivity contribution in [1.82, 2.24) is 9.97 Å². The minimum absolute atomic E-state index is 0.676. The Morgan fingerprint density at radius 3 is 1.88 bits per heavy atom. The summed E-state index contributed by atoms with van der Waals surface area (Å²) in [5, 5.41) is 10.9. The molecule has 4 aromatic heterocycles. The van der Waals surface area contributed by atoms with Crippen LogP contribution in [0.2, 0.25) is 0 Å². The van der Waals surface area contributed by atoms with Crippen LogP contribution < -0.4 is 5.32 Å². The van der Waals surface area contributed by atoms with Crippen LogP contribution in [0.1, 0.15) is 51.2 Å². The smallest absolute Gasteiger partial charge is 0.238 e. The van der Waals surface area contributed by atoms with Crippen molar-refractivity contribution in [1.29, 1.82) is 0 Å². The van der Waals surface area contributed by atoms with Crippen LogP contribution in [-0.2, 0) is 0 Å². The number of aryl methyl sites for hydroxylation is 1. The molecule has 0 aliphatic rings. The molecule has 0 aliphatic carbocycles. The van der Waals surface area contributed by atoms with Gasteiger partial charge in [0.1, 0.15) is 5.76 Å². The highest BCUT2D eigenvalue weighted by molar-refractivity contribution is 7.23. The number of nitrogens with one attached hydrogen (secondary N) is 1. The number of benzene rings is 3. The highest BCUT2D eigenvalue weighted by atomic mass is 32.1. The Hall–Kier alpha value is -3.68. The first kappa shape index (κ1) is 25.3. The van der Waals surface area contributed by atoms with Gasteiger partial charge in [-0.1, -0.05) is 75.4 Å². The monoisotopic (exact) mass is 565 g/mol. The van der Waals surface area contributed by atoms with E-state index in [4.69, 9.17) is 8.83 Å². The minimum Gasteiger partial charge on any atom is -0.441 e. The summed E-state index contributed by atoms with van der Waals surface area (Å²) in [4.78, 5) is 11.1. The molecule has 7 rings (SSSR count). The van der Waals surface area contributed by atoms with Gasteiger partial charge in [-0.25, -0.2) is 9.97 Å². The van der Waals surface area contributed by atoms with Crippen molar-refractivity contribution in [3.63, 3.8) is 0 Å². The lowest BCUT2D eigenvalue weighted by molar-refractivity contribution is 0.544. The number of nitrogens with zero attached hydrogens (tertiary/aromatic N) is 2. The summed E-state index contributed by atoms with van der Waals surface area (Å²) in [6, 6.07) is 17.8. The fraction of sp³-hybridized carbons (Fsp3) is 0.273. The first-order valence-electron chi connectivity index (χ1n) is 14.1. The molecule has 0 saturated carbocycles. The zero-order valence-electron chi connectivity index (χ0n) is 22.8. The average molecular weight is 566 g/mol. The highest BCUT2D eigenvalue weighted by Crippen LogP contribution is 2.43. The lowest BCUT2D eigenvalue weighted by Gasteiger charge is -2.06. The zero-order valence-corrected chi connectivity index (χ0v) is 24.4. The van der Waals surface area contributed by atoms with E-state index in [0.29, 0.717) is 11.8 Å². The van der Waals surface area contributed by atoms with Gasteiger partial charge in [-0.2, -0.15) is 0 Å². The van der Waals surface area contributed by atoms with Gasteiger partial charge in [0.25, 0.3) is 0 Å². The van der Waals surface area contributed by atoms with Gasteiger partial charge in [0.15, 0.2) is 0 Å². The van der Waals surface area contributed by atoms with Gasteiger partial charge < -0.3 is 14.2 Å². The summed E-state index contributed by atoms with van der Waals surface area (Å²) in [6.07, 6.45) is 11.3. The number of anilines is 1. The fourth-order valence-electron chi connectivity index (χ4n) is 5.48. The quantitative estimate of drug-likeness (QED) is 0.132. The van der Waals surface area contributed by atoms with Crippen LogP contribution in [0.3, 0.4) is 0 Å². The van der Waals surface area contributed by atoms with E-state index in [1.165, 1.54) is 73.8 Å². The molecule has 202 valence electrons. The normalized spacial score (nSPS) is 11.9. The maximum Gasteiger partial charge on any atom is 0.238 e. The van der Waals surface area contributed by atoms with Crippen LogP contribution in [-0.4, -0.2) is 16.5 Å². The summed E-state index contributed by atoms with van der Waals surface area (Å²) in [5.74, 6) is 2.94. The maximum atomic E-state index is 6.09. The van der Waals surface area contributed by atoms with Crippen LogP contribution in [0, 0.1) is 6.92 Å². The first-order valence-corrected chi connectivity index (χ1v) is 15.8. The molecule has 1 N–H and O–H groups in total. The van der Waals surface area contributed by atoms with E-state index in [1.807, 2.05) is 13.1 Å². The first-order chi connectivity index (χ1) is 19.7. The molecule has 0 unspecified atom stereocenters. The molecule has 0 fully saturated rings. The van der Waals surface area contributed by atoms with Crippen molar-refractivity contribution >= 4 is 70.3 Å². The molecular weight excluding hydrogens is 535 g/mol. The largest absolute Gasteiger partial charge is 0.441 e. The van der Waals surface area contributed by atoms with Gasteiger partial charge in [-0.05, 0) is 47.0 Å². The zero-order chi connectivity index (χ0) is 27.1. The van der Waals surface area contributed by atoms with Crippen molar-refractivity contribution in [2.24, 2.45) is 0 Å². The van der Waals surface area contributed by atoms with Crippen LogP contribution in [0.15, 0.2) is 69.8 Å². The van der Waals surface area contributed by atoms with E-state index in [9.17, 15) is 0 Å². The number of rotatable bonds is 10. The van der Waals surface area contributed by atoms with Crippen LogP contribution in [0.25, 0.3) is 63.3 Å². The van der Waals surface area contributed by atoms with Crippen molar-refractivity contribution in [3.05, 3.63) is 66.7 Å². The number of unbranched alkanes of at least 4 members (excludes halogenated alkanes) is 5. The third-order valence-electron chi connectivity index (χ3n) is 7.54. The molecule has 0 radical (unpaired) electrons. The lowest BCUT2D eigenvalue weighted by atomic mass is 10.00. The van der Waals surface area contributed by atoms with Gasteiger partial charge in [0.05, 0.1) is 22.1 Å². The second-order valence-corrected chi connectivity index (χ2v) is 12.5. The maximum absolute atomic E-state index is 6.09. The molecule has 0 aliphatic heterocycles. The van der Waals surface area contributed by atoms with E-state index in [0.717, 1.165) is 34.4 Å². The highest BCUT2D eigenvalue weighted by Gasteiger charge is 2.16. The molecule has 0 bridgehead atoms. The Morgan fingerprint density at radius 2 is 1.25 bits per heavy atom. The number of fused-ring (bicyclic) bond motifs is 7. The van der Waals surface area contributed by atoms with E-state index in [2.05, 4.69) is 70.7 Å². The molecule has 0 amide bonds. The van der Waals surface area contributed by atoms with Crippen LogP contribution >= 0.6 is 22.7 Å². The molecule has 40 heavy (non-hydrogen) atoms. The average Bonchev–Trinajstić information content (AvgIpc) is 3.77. The molecule has 4 heterocycles. The summed E-state index contributed by atoms with van der Waals surface area (Å²) < 4.78 is 14.4. The predicted molar refractivity (Wildman–Crippen MR) is 170 cm³/mol. The van der Waals surface area contributed by atoms with Crippen LogP contribution in [0.4, 0.5) is 5.88 Å². The second kappa shape index (κ2) is 10.7. The van der Waals surface area contributed by atoms with Crippen molar-refractivity contribution < 1.29 is 8.83 Å². The van der Waals surface area contributed by atoms with Crippen molar-refractivity contribution in [2.45, 2.75) is 52.4 Å². The van der Waals surface area contributed by atoms with Gasteiger partial charge in [-0.15, -0.1) is 22.7 Å². The second-order valence-electron chi connectivity index (χ2n) is 10.4. The van der Waals surface area contributed by atoms with Gasteiger partial charge in [0.2, 0.25) is 17.7 Å². The number of hydrogen-bond acceptors (Lipinski definition) is 7. The molecule has 0 saturated heterocycles. The Morgan fingerprint density at radius 1 is 0.675 bits per heavy atom. The van der Waals surface area contributed by atoms with Gasteiger partial charge >= 0.3 is 0 Å². The van der Waals surface area contributed by atoms with E-state index < -0.39 is 0 Å². The predicted octanol–water partition coefficient (Wildman–Crippen LogP) is 10.8.